The van der Waals surface area contributed by atoms with Crippen LogP contribution in [0.15, 0.2) is 29.2 Å². The molecule has 0 radical (unpaired) electrons. The molecule has 0 unspecified atom stereocenters. The van der Waals surface area contributed by atoms with Gasteiger partial charge in [-0.15, -0.1) is 0 Å². The first-order valence-corrected chi connectivity index (χ1v) is 10.6. The zero-order chi connectivity index (χ0) is 21.1. The summed E-state index contributed by atoms with van der Waals surface area (Å²) in [5, 5.41) is 2.76. The van der Waals surface area contributed by atoms with Crippen LogP contribution < -0.4 is 10.0 Å². The normalized spacial score (nSPS) is 19.0. The van der Waals surface area contributed by atoms with Gasteiger partial charge in [-0.05, 0) is 52.0 Å². The molecule has 1 saturated heterocycles. The molecule has 2 amide bonds. The van der Waals surface area contributed by atoms with E-state index >= 15 is 0 Å². The van der Waals surface area contributed by atoms with Crippen molar-refractivity contribution in [3.63, 3.8) is 0 Å². The van der Waals surface area contributed by atoms with E-state index in [1.165, 1.54) is 24.3 Å². The maximum absolute atomic E-state index is 12.5. The number of carbonyl (C=O) groups is 2. The Bertz CT molecular complexity index is 815. The Morgan fingerprint density at radius 2 is 1.89 bits per heavy atom. The summed E-state index contributed by atoms with van der Waals surface area (Å²) in [6.45, 7) is 7.93. The minimum Gasteiger partial charge on any atom is -0.383 e. The van der Waals surface area contributed by atoms with Crippen molar-refractivity contribution in [3.8, 4) is 0 Å². The Labute approximate surface area is 166 Å². The van der Waals surface area contributed by atoms with Gasteiger partial charge in [0.25, 0.3) is 0 Å². The summed E-state index contributed by atoms with van der Waals surface area (Å²) < 4.78 is 32.3. The van der Waals surface area contributed by atoms with E-state index in [1.807, 2.05) is 6.92 Å². The van der Waals surface area contributed by atoms with Gasteiger partial charge in [0.05, 0.1) is 23.5 Å². The molecule has 0 saturated carbocycles. The number of amides is 2. The average molecular weight is 412 g/mol. The summed E-state index contributed by atoms with van der Waals surface area (Å²) in [7, 11) is -2.06. The van der Waals surface area contributed by atoms with Crippen LogP contribution in [0.2, 0.25) is 0 Å². The lowest BCUT2D eigenvalue weighted by atomic mass is 10.1. The second kappa shape index (κ2) is 8.59. The lowest BCUT2D eigenvalue weighted by Crippen LogP contribution is -2.40. The van der Waals surface area contributed by atoms with Crippen LogP contribution in [0.1, 0.15) is 34.1 Å². The molecular weight excluding hydrogens is 382 g/mol. The zero-order valence-corrected chi connectivity index (χ0v) is 17.8. The predicted octanol–water partition coefficient (Wildman–Crippen LogP) is 1.59. The first kappa shape index (κ1) is 22.3. The molecule has 0 aromatic heterocycles. The molecule has 0 bridgehead atoms. The highest BCUT2D eigenvalue weighted by Crippen LogP contribution is 2.23. The molecule has 2 N–H and O–H groups in total. The molecule has 1 aromatic rings. The van der Waals surface area contributed by atoms with Crippen molar-refractivity contribution in [2.24, 2.45) is 5.92 Å². The number of nitrogens with zero attached hydrogens (tertiary/aromatic N) is 1. The number of nitrogens with one attached hydrogen (secondary N) is 2. The van der Waals surface area contributed by atoms with Crippen molar-refractivity contribution in [3.05, 3.63) is 24.3 Å². The maximum atomic E-state index is 12.5. The molecular formula is C19H29N3O5S. The fourth-order valence-electron chi connectivity index (χ4n) is 3.09. The van der Waals surface area contributed by atoms with Crippen LogP contribution in [0.5, 0.6) is 0 Å². The molecule has 9 heteroatoms. The first-order chi connectivity index (χ1) is 12.9. The van der Waals surface area contributed by atoms with Gasteiger partial charge >= 0.3 is 0 Å². The highest BCUT2D eigenvalue weighted by atomic mass is 32.2. The lowest BCUT2D eigenvalue weighted by Gasteiger charge is -2.23. The van der Waals surface area contributed by atoms with Crippen LogP contribution in [-0.4, -0.2) is 57.0 Å². The van der Waals surface area contributed by atoms with Crippen LogP contribution in [0, 0.1) is 5.92 Å². The van der Waals surface area contributed by atoms with E-state index in [0.717, 1.165) is 0 Å². The van der Waals surface area contributed by atoms with Gasteiger partial charge in [0.1, 0.15) is 0 Å². The van der Waals surface area contributed by atoms with E-state index in [9.17, 15) is 18.0 Å². The molecule has 0 aliphatic carbocycles. The molecule has 1 aromatic carbocycles. The van der Waals surface area contributed by atoms with Crippen LogP contribution in [0.3, 0.4) is 0 Å². The van der Waals surface area contributed by atoms with Crippen LogP contribution >= 0.6 is 0 Å². The third kappa shape index (κ3) is 5.76. The number of likely N-dealkylation sites (tertiary alicyclic amines) is 1. The Balaban J connectivity index is 2.01. The Hall–Kier alpha value is -1.97. The smallest absolute Gasteiger partial charge is 0.241 e. The molecule has 2 atom stereocenters. The number of benzene rings is 1. The van der Waals surface area contributed by atoms with Crippen molar-refractivity contribution in [1.29, 1.82) is 0 Å². The molecule has 1 heterocycles. The van der Waals surface area contributed by atoms with Crippen molar-refractivity contribution >= 4 is 27.5 Å². The van der Waals surface area contributed by atoms with E-state index in [-0.39, 0.29) is 29.2 Å². The molecule has 2 rings (SSSR count). The molecule has 1 aliphatic heterocycles. The topological polar surface area (TPSA) is 105 Å². The van der Waals surface area contributed by atoms with Gasteiger partial charge in [-0.2, -0.15) is 0 Å². The highest BCUT2D eigenvalue weighted by molar-refractivity contribution is 7.89. The maximum Gasteiger partial charge on any atom is 0.241 e. The number of anilines is 1. The number of carbonyl (C=O) groups excluding carboxylic acids is 2. The highest BCUT2D eigenvalue weighted by Gasteiger charge is 2.36. The SMILES string of the molecule is COC[C@@H](C)N1C[C@@H](C(=O)Nc2ccc(S(=O)(=O)NC(C)(C)C)cc2)CC1=O. The van der Waals surface area contributed by atoms with Crippen LogP contribution in [0.25, 0.3) is 0 Å². The van der Waals surface area contributed by atoms with Crippen molar-refractivity contribution < 1.29 is 22.7 Å². The molecule has 1 fully saturated rings. The fraction of sp³-hybridized carbons (Fsp3) is 0.579. The Kier molecular flexibility index (Phi) is 6.84. The van der Waals surface area contributed by atoms with Gasteiger partial charge < -0.3 is 15.0 Å². The largest absolute Gasteiger partial charge is 0.383 e. The zero-order valence-electron chi connectivity index (χ0n) is 17.0. The van der Waals surface area contributed by atoms with E-state index in [0.29, 0.717) is 18.8 Å². The summed E-state index contributed by atoms with van der Waals surface area (Å²) in [5.74, 6) is -0.777. The van der Waals surface area contributed by atoms with Gasteiger partial charge in [-0.25, -0.2) is 13.1 Å². The Morgan fingerprint density at radius 1 is 1.29 bits per heavy atom. The quantitative estimate of drug-likeness (QED) is 0.709. The second-order valence-corrected chi connectivity index (χ2v) is 9.80. The van der Waals surface area contributed by atoms with E-state index in [2.05, 4.69) is 10.0 Å². The van der Waals surface area contributed by atoms with Gasteiger partial charge in [0, 0.05) is 31.3 Å². The Morgan fingerprint density at radius 3 is 2.43 bits per heavy atom. The fourth-order valence-corrected chi connectivity index (χ4v) is 4.51. The van der Waals surface area contributed by atoms with E-state index in [1.54, 1.807) is 32.8 Å². The first-order valence-electron chi connectivity index (χ1n) is 9.16. The van der Waals surface area contributed by atoms with E-state index in [4.69, 9.17) is 4.74 Å². The molecule has 156 valence electrons. The van der Waals surface area contributed by atoms with Gasteiger partial charge in [-0.1, -0.05) is 0 Å². The van der Waals surface area contributed by atoms with Crippen molar-refractivity contribution in [2.75, 3.05) is 25.6 Å². The van der Waals surface area contributed by atoms with Gasteiger partial charge in [-0.3, -0.25) is 9.59 Å². The summed E-state index contributed by atoms with van der Waals surface area (Å²) >= 11 is 0. The minimum absolute atomic E-state index is 0.0700. The minimum atomic E-state index is -3.63. The van der Waals surface area contributed by atoms with Gasteiger partial charge in [0.15, 0.2) is 0 Å². The number of methoxy groups -OCH3 is 1. The summed E-state index contributed by atoms with van der Waals surface area (Å²) in [6, 6.07) is 5.87. The second-order valence-electron chi connectivity index (χ2n) is 8.12. The number of ether oxygens (including phenoxy) is 1. The number of sulfonamides is 1. The summed E-state index contributed by atoms with van der Waals surface area (Å²) in [4.78, 5) is 26.4. The summed E-state index contributed by atoms with van der Waals surface area (Å²) in [5.41, 5.74) is -0.109. The monoisotopic (exact) mass is 411 g/mol. The lowest BCUT2D eigenvalue weighted by molar-refractivity contribution is -0.130. The van der Waals surface area contributed by atoms with Crippen LogP contribution in [-0.2, 0) is 24.3 Å². The number of rotatable bonds is 7. The molecule has 28 heavy (non-hydrogen) atoms. The third-order valence-electron chi connectivity index (χ3n) is 4.34. The van der Waals surface area contributed by atoms with Crippen LogP contribution in [0.4, 0.5) is 5.69 Å². The average Bonchev–Trinajstić information content (AvgIpc) is 2.95. The number of hydrogen-bond acceptors (Lipinski definition) is 5. The molecule has 1 aliphatic rings. The molecule has 0 spiro atoms. The van der Waals surface area contributed by atoms with E-state index < -0.39 is 21.5 Å². The van der Waals surface area contributed by atoms with Gasteiger partial charge in [0.2, 0.25) is 21.8 Å². The van der Waals surface area contributed by atoms with Crippen molar-refractivity contribution in [2.45, 2.75) is 50.6 Å². The predicted molar refractivity (Wildman–Crippen MR) is 106 cm³/mol. The standard InChI is InChI=1S/C19H29N3O5S/c1-13(12-27-5)22-11-14(10-17(22)23)18(24)20-15-6-8-16(9-7-15)28(25,26)21-19(2,3)4/h6-9,13-14,21H,10-12H2,1-5H3,(H,20,24)/t13-,14+/m1/s1. The third-order valence-corrected chi connectivity index (χ3v) is 6.12. The van der Waals surface area contributed by atoms with Crippen molar-refractivity contribution in [1.82, 2.24) is 9.62 Å². The number of hydrogen-bond donors (Lipinski definition) is 2. The molecule has 8 nitrogen and oxygen atoms in total. The summed E-state index contributed by atoms with van der Waals surface area (Å²) in [6.07, 6.45) is 0.155.